The molecule has 0 aromatic heterocycles. The maximum absolute atomic E-state index is 10.7. The molecule has 24 heavy (non-hydrogen) atoms. The molecule has 0 aromatic carbocycles. The molecule has 0 spiro atoms. The Morgan fingerprint density at radius 1 is 0.792 bits per heavy atom. The number of ether oxygens (including phenoxy) is 1. The average molecular weight is 391 g/mol. The van der Waals surface area contributed by atoms with Crippen LogP contribution in [0.3, 0.4) is 0 Å². The molecule has 152 valence electrons. The van der Waals surface area contributed by atoms with Crippen LogP contribution in [0.15, 0.2) is 0 Å². The number of hydrogen-bond donors (Lipinski definition) is 1. The Labute approximate surface area is 140 Å². The van der Waals surface area contributed by atoms with E-state index >= 15 is 0 Å². The number of aliphatic hydroxyl groups is 1. The topological polar surface area (TPSA) is 29.5 Å². The zero-order chi connectivity index (χ0) is 19.4. The van der Waals surface area contributed by atoms with E-state index < -0.39 is 7.81 Å². The molecule has 0 amide bonds. The molecule has 0 unspecified atom stereocenters. The second-order valence-electron chi connectivity index (χ2n) is 5.78. The summed E-state index contributed by atoms with van der Waals surface area (Å²) in [4.78, 5) is 0. The van der Waals surface area contributed by atoms with Crippen LogP contribution in [0.4, 0.5) is 25.2 Å². The minimum absolute atomic E-state index is 0.134. The summed E-state index contributed by atoms with van der Waals surface area (Å²) >= 11 is 0. The van der Waals surface area contributed by atoms with Crippen molar-refractivity contribution in [3.8, 4) is 0 Å². The third kappa shape index (κ3) is 24.1. The van der Waals surface area contributed by atoms with E-state index in [1.807, 2.05) is 0 Å². The van der Waals surface area contributed by atoms with Crippen molar-refractivity contribution in [2.45, 2.75) is 46.5 Å². The van der Waals surface area contributed by atoms with Crippen LogP contribution in [0, 0.1) is 0 Å². The van der Waals surface area contributed by atoms with E-state index in [1.165, 1.54) is 45.3 Å². The first-order valence-electron chi connectivity index (χ1n) is 8.29. The van der Waals surface area contributed by atoms with E-state index in [0.717, 1.165) is 17.6 Å². The van der Waals surface area contributed by atoms with Crippen LogP contribution in [-0.4, -0.2) is 55.6 Å². The summed E-state index contributed by atoms with van der Waals surface area (Å²) in [6.07, 6.45) is 5.34. The summed E-state index contributed by atoms with van der Waals surface area (Å²) in [5, 5.41) is 8.68. The predicted molar refractivity (Wildman–Crippen MR) is 86.7 cm³/mol. The van der Waals surface area contributed by atoms with Gasteiger partial charge >= 0.3 is 33.0 Å². The third-order valence-electron chi connectivity index (χ3n) is 3.77. The number of hydrogen-bond acceptors (Lipinski definition) is 2. The van der Waals surface area contributed by atoms with Crippen LogP contribution in [0.1, 0.15) is 46.5 Å². The van der Waals surface area contributed by atoms with Gasteiger partial charge in [-0.25, -0.2) is 0 Å². The van der Waals surface area contributed by atoms with Gasteiger partial charge < -0.3 is 14.3 Å². The van der Waals surface area contributed by atoms with Crippen LogP contribution in [0.5, 0.6) is 0 Å². The molecule has 0 aliphatic rings. The van der Waals surface area contributed by atoms with Crippen molar-refractivity contribution in [1.82, 2.24) is 0 Å². The number of quaternary nitrogens is 1. The van der Waals surface area contributed by atoms with Gasteiger partial charge in [0.2, 0.25) is 0 Å². The first-order valence-corrected chi connectivity index (χ1v) is 10.3. The van der Waals surface area contributed by atoms with Crippen molar-refractivity contribution in [2.75, 3.05) is 46.0 Å². The fourth-order valence-electron chi connectivity index (χ4n) is 2.27. The summed E-state index contributed by atoms with van der Waals surface area (Å²) in [5.41, 5.74) is 0. The fraction of sp³-hybridized carbons (Fsp3) is 1.00. The molecule has 0 saturated carbocycles. The zero-order valence-corrected chi connectivity index (χ0v) is 15.7. The Bertz CT molecular complexity index is 294. The molecule has 0 radical (unpaired) electrons. The number of halogens is 6. The van der Waals surface area contributed by atoms with Gasteiger partial charge in [-0.3, -0.25) is 0 Å². The summed E-state index contributed by atoms with van der Waals surface area (Å²) in [6.45, 7) is 12.9. The SMILES string of the molecule is CCCCCC[N+](CC)(CC)CCOCCO.F[P-](F)(F)(F)(F)F. The number of aliphatic hydroxyl groups excluding tert-OH is 1. The molecular weight excluding hydrogens is 359 g/mol. The van der Waals surface area contributed by atoms with Crippen LogP contribution in [0.25, 0.3) is 0 Å². The monoisotopic (exact) mass is 391 g/mol. The Morgan fingerprint density at radius 3 is 1.67 bits per heavy atom. The van der Waals surface area contributed by atoms with Crippen molar-refractivity contribution in [2.24, 2.45) is 0 Å². The second-order valence-corrected chi connectivity index (χ2v) is 7.69. The Balaban J connectivity index is 0. The van der Waals surface area contributed by atoms with Gasteiger partial charge in [0.25, 0.3) is 0 Å². The molecule has 0 aliphatic carbocycles. The van der Waals surface area contributed by atoms with Gasteiger partial charge in [0, 0.05) is 0 Å². The molecular formula is C14H32F6NO2P. The molecule has 10 heteroatoms. The molecule has 0 aliphatic heterocycles. The maximum atomic E-state index is 9.87. The summed E-state index contributed by atoms with van der Waals surface area (Å²) in [5.74, 6) is 0. The van der Waals surface area contributed by atoms with E-state index in [4.69, 9.17) is 9.84 Å². The van der Waals surface area contributed by atoms with Crippen molar-refractivity contribution in [3.05, 3.63) is 0 Å². The van der Waals surface area contributed by atoms with Crippen LogP contribution < -0.4 is 0 Å². The Morgan fingerprint density at radius 2 is 1.29 bits per heavy atom. The van der Waals surface area contributed by atoms with Crippen molar-refractivity contribution >= 4 is 7.81 Å². The zero-order valence-electron chi connectivity index (χ0n) is 14.8. The number of unbranched alkanes of at least 4 members (excludes halogenated alkanes) is 3. The Hall–Kier alpha value is -0.110. The molecule has 0 atom stereocenters. The van der Waals surface area contributed by atoms with E-state index in [1.54, 1.807) is 0 Å². The standard InChI is InChI=1S/C14H32NO2.F6P/c1-4-7-8-9-10-15(5-2,6-3)11-13-17-14-12-16;1-7(2,3,4,5)6/h16H,4-14H2,1-3H3;/q+1;-1. The van der Waals surface area contributed by atoms with Gasteiger partial charge in [-0.15, -0.1) is 0 Å². The molecule has 0 rings (SSSR count). The van der Waals surface area contributed by atoms with Crippen molar-refractivity contribution in [1.29, 1.82) is 0 Å². The molecule has 3 nitrogen and oxygen atoms in total. The van der Waals surface area contributed by atoms with Gasteiger partial charge in [-0.1, -0.05) is 19.8 Å². The number of rotatable bonds is 12. The summed E-state index contributed by atoms with van der Waals surface area (Å²) < 4.78 is 65.8. The number of nitrogens with zero attached hydrogens (tertiary/aromatic N) is 1. The van der Waals surface area contributed by atoms with Crippen molar-refractivity contribution in [3.63, 3.8) is 0 Å². The van der Waals surface area contributed by atoms with E-state index in [-0.39, 0.29) is 6.61 Å². The third-order valence-corrected chi connectivity index (χ3v) is 3.77. The van der Waals surface area contributed by atoms with E-state index in [0.29, 0.717) is 6.61 Å². The predicted octanol–water partition coefficient (Wildman–Crippen LogP) is 5.81. The molecule has 0 aromatic rings. The van der Waals surface area contributed by atoms with E-state index in [2.05, 4.69) is 20.8 Å². The minimum atomic E-state index is -10.7. The number of likely N-dealkylation sites (N-methyl/N-ethyl adjacent to an activating group) is 1. The fourth-order valence-corrected chi connectivity index (χ4v) is 2.27. The first kappa shape index (κ1) is 26.1. The summed E-state index contributed by atoms with van der Waals surface area (Å²) in [6, 6.07) is 0. The molecule has 0 heterocycles. The Kier molecular flexibility index (Phi) is 11.0. The van der Waals surface area contributed by atoms with Crippen LogP contribution in [-0.2, 0) is 4.74 Å². The molecule has 1 N–H and O–H groups in total. The van der Waals surface area contributed by atoms with Gasteiger partial charge in [0.1, 0.15) is 6.54 Å². The quantitative estimate of drug-likeness (QED) is 0.197. The summed E-state index contributed by atoms with van der Waals surface area (Å²) in [7, 11) is -10.7. The van der Waals surface area contributed by atoms with Crippen LogP contribution in [0.2, 0.25) is 0 Å². The molecule has 0 fully saturated rings. The first-order chi connectivity index (χ1) is 10.7. The second kappa shape index (κ2) is 10.1. The van der Waals surface area contributed by atoms with Gasteiger partial charge in [-0.05, 0) is 26.7 Å². The van der Waals surface area contributed by atoms with E-state index in [9.17, 15) is 25.2 Å². The average Bonchev–Trinajstić information content (AvgIpc) is 2.43. The van der Waals surface area contributed by atoms with Gasteiger partial charge in [0.15, 0.2) is 0 Å². The van der Waals surface area contributed by atoms with Crippen LogP contribution >= 0.6 is 7.81 Å². The molecule has 0 bridgehead atoms. The van der Waals surface area contributed by atoms with Gasteiger partial charge in [0.05, 0.1) is 39.5 Å². The van der Waals surface area contributed by atoms with Gasteiger partial charge in [-0.2, -0.15) is 0 Å². The normalized spacial score (nSPS) is 15.2. The molecule has 0 saturated heterocycles. The van der Waals surface area contributed by atoms with Crippen molar-refractivity contribution < 1.29 is 39.5 Å².